The van der Waals surface area contributed by atoms with Crippen LogP contribution < -0.4 is 5.32 Å². The maximum atomic E-state index is 13.6. The average molecular weight is 595 g/mol. The highest BCUT2D eigenvalue weighted by Gasteiger charge is 2.34. The fraction of sp³-hybridized carbons (Fsp3) is 0.286. The fourth-order valence-corrected chi connectivity index (χ4v) is 5.41. The normalized spacial score (nSPS) is 13.0. The number of aliphatic hydroxyl groups excluding tert-OH is 1. The standard InChI is InChI=1S/C28H26ClF3N2O5S/c1-3-20-21-9-6-17(27(36)34-24(15-35)23-10-8-19(14-33-23)40(37,38)4-2)12-26(21)39-25(20)11-16-5-7-18(29)13-22(16)28(30,31)32/h5-10,12-14,24,35H,3-4,11,15H2,1-2H3,(H,34,36)/t24-/m1/s1. The van der Waals surface area contributed by atoms with Crippen molar-refractivity contribution in [2.75, 3.05) is 12.4 Å². The number of halogens is 4. The molecule has 0 saturated carbocycles. The molecule has 1 atom stereocenters. The van der Waals surface area contributed by atoms with Crippen LogP contribution in [0.25, 0.3) is 11.0 Å². The van der Waals surface area contributed by atoms with Gasteiger partial charge in [-0.05, 0) is 48.4 Å². The highest BCUT2D eigenvalue weighted by molar-refractivity contribution is 7.91. The molecule has 7 nitrogen and oxygen atoms in total. The van der Waals surface area contributed by atoms with E-state index in [1.165, 1.54) is 43.5 Å². The van der Waals surface area contributed by atoms with Crippen molar-refractivity contribution in [3.63, 3.8) is 0 Å². The summed E-state index contributed by atoms with van der Waals surface area (Å²) in [5, 5.41) is 13.2. The van der Waals surface area contributed by atoms with Gasteiger partial charge in [-0.1, -0.05) is 37.6 Å². The van der Waals surface area contributed by atoms with E-state index in [4.69, 9.17) is 16.0 Å². The number of pyridine rings is 1. The molecule has 40 heavy (non-hydrogen) atoms. The maximum absolute atomic E-state index is 13.6. The summed E-state index contributed by atoms with van der Waals surface area (Å²) in [6, 6.07) is 10.2. The Labute approximate surface area is 233 Å². The third-order valence-corrected chi connectivity index (χ3v) is 8.52. The van der Waals surface area contributed by atoms with E-state index in [0.717, 1.165) is 11.6 Å². The van der Waals surface area contributed by atoms with Crippen molar-refractivity contribution in [1.82, 2.24) is 10.3 Å². The molecular formula is C28H26ClF3N2O5S. The van der Waals surface area contributed by atoms with Gasteiger partial charge < -0.3 is 14.8 Å². The zero-order chi connectivity index (χ0) is 29.2. The molecule has 4 aromatic rings. The number of alkyl halides is 3. The van der Waals surface area contributed by atoms with Gasteiger partial charge in [0.2, 0.25) is 0 Å². The first-order valence-electron chi connectivity index (χ1n) is 12.4. The molecule has 212 valence electrons. The molecule has 0 bridgehead atoms. The monoisotopic (exact) mass is 594 g/mol. The fourth-order valence-electron chi connectivity index (χ4n) is 4.42. The van der Waals surface area contributed by atoms with Crippen LogP contribution in [0.4, 0.5) is 13.2 Å². The van der Waals surface area contributed by atoms with E-state index in [0.29, 0.717) is 23.2 Å². The van der Waals surface area contributed by atoms with Gasteiger partial charge in [-0.15, -0.1) is 0 Å². The predicted molar refractivity (Wildman–Crippen MR) is 144 cm³/mol. The Balaban J connectivity index is 1.60. The molecule has 2 aromatic heterocycles. The number of aryl methyl sites for hydroxylation is 1. The molecule has 0 saturated heterocycles. The Morgan fingerprint density at radius 1 is 1.12 bits per heavy atom. The number of amides is 1. The van der Waals surface area contributed by atoms with Gasteiger partial charge in [-0.3, -0.25) is 9.78 Å². The van der Waals surface area contributed by atoms with Crippen molar-refractivity contribution < 1.29 is 35.9 Å². The zero-order valence-corrected chi connectivity index (χ0v) is 23.1. The molecule has 2 N–H and O–H groups in total. The van der Waals surface area contributed by atoms with Gasteiger partial charge in [-0.2, -0.15) is 13.2 Å². The topological polar surface area (TPSA) is 109 Å². The number of hydrogen-bond acceptors (Lipinski definition) is 6. The summed E-state index contributed by atoms with van der Waals surface area (Å²) in [4.78, 5) is 17.1. The molecule has 0 radical (unpaired) electrons. The molecule has 0 aliphatic rings. The zero-order valence-electron chi connectivity index (χ0n) is 21.5. The number of nitrogens with one attached hydrogen (secondary N) is 1. The minimum Gasteiger partial charge on any atom is -0.460 e. The number of rotatable bonds is 9. The van der Waals surface area contributed by atoms with Gasteiger partial charge in [0.25, 0.3) is 5.91 Å². The van der Waals surface area contributed by atoms with Crippen molar-refractivity contribution in [2.24, 2.45) is 0 Å². The van der Waals surface area contributed by atoms with E-state index in [2.05, 4.69) is 10.3 Å². The minimum absolute atomic E-state index is 0.0136. The highest BCUT2D eigenvalue weighted by Crippen LogP contribution is 2.36. The van der Waals surface area contributed by atoms with E-state index in [1.54, 1.807) is 12.1 Å². The summed E-state index contributed by atoms with van der Waals surface area (Å²) in [6.45, 7) is 2.88. The van der Waals surface area contributed by atoms with Crippen LogP contribution in [0.1, 0.15) is 58.4 Å². The summed E-state index contributed by atoms with van der Waals surface area (Å²) in [5.74, 6) is -0.294. The van der Waals surface area contributed by atoms with Crippen LogP contribution in [0.3, 0.4) is 0 Å². The summed E-state index contributed by atoms with van der Waals surface area (Å²) in [7, 11) is -3.45. The summed E-state index contributed by atoms with van der Waals surface area (Å²) < 4.78 is 70.9. The van der Waals surface area contributed by atoms with Gasteiger partial charge in [0.15, 0.2) is 9.84 Å². The van der Waals surface area contributed by atoms with Crippen molar-refractivity contribution in [3.05, 3.63) is 93.5 Å². The minimum atomic E-state index is -4.59. The molecule has 0 spiro atoms. The van der Waals surface area contributed by atoms with E-state index in [1.807, 2.05) is 6.92 Å². The number of aliphatic hydroxyl groups is 1. The van der Waals surface area contributed by atoms with E-state index in [9.17, 15) is 31.5 Å². The third kappa shape index (κ3) is 6.16. The molecule has 12 heteroatoms. The number of sulfone groups is 1. The number of furan rings is 1. The number of aromatic nitrogens is 1. The van der Waals surface area contributed by atoms with E-state index >= 15 is 0 Å². The second-order valence-electron chi connectivity index (χ2n) is 9.08. The van der Waals surface area contributed by atoms with Gasteiger partial charge in [0.05, 0.1) is 34.6 Å². The molecule has 1 amide bonds. The largest absolute Gasteiger partial charge is 0.460 e. The Bertz CT molecular complexity index is 1650. The Hall–Kier alpha value is -3.41. The Morgan fingerprint density at radius 3 is 2.48 bits per heavy atom. The molecule has 0 aliphatic carbocycles. The maximum Gasteiger partial charge on any atom is 0.416 e. The summed E-state index contributed by atoms with van der Waals surface area (Å²) in [6.07, 6.45) is -3.04. The Morgan fingerprint density at radius 2 is 1.88 bits per heavy atom. The molecule has 2 heterocycles. The van der Waals surface area contributed by atoms with Crippen molar-refractivity contribution in [3.8, 4) is 0 Å². The lowest BCUT2D eigenvalue weighted by Crippen LogP contribution is -2.31. The third-order valence-electron chi connectivity index (χ3n) is 6.56. The molecule has 0 aliphatic heterocycles. The van der Waals surface area contributed by atoms with Crippen LogP contribution in [0.15, 0.2) is 64.0 Å². The number of carbonyl (C=O) groups is 1. The van der Waals surface area contributed by atoms with Crippen LogP contribution >= 0.6 is 11.6 Å². The quantitative estimate of drug-likeness (QED) is 0.249. The number of nitrogens with zero attached hydrogens (tertiary/aromatic N) is 1. The number of hydrogen-bond donors (Lipinski definition) is 2. The molecular weight excluding hydrogens is 569 g/mol. The van der Waals surface area contributed by atoms with Gasteiger partial charge in [-0.25, -0.2) is 8.42 Å². The van der Waals surface area contributed by atoms with Crippen LogP contribution in [0, 0.1) is 0 Å². The first kappa shape index (κ1) is 29.6. The van der Waals surface area contributed by atoms with Gasteiger partial charge in [0, 0.05) is 34.2 Å². The summed E-state index contributed by atoms with van der Waals surface area (Å²) >= 11 is 5.81. The van der Waals surface area contributed by atoms with Gasteiger partial charge >= 0.3 is 6.18 Å². The van der Waals surface area contributed by atoms with Crippen molar-refractivity contribution in [1.29, 1.82) is 0 Å². The van der Waals surface area contributed by atoms with Crippen LogP contribution in [-0.2, 0) is 28.9 Å². The number of carbonyl (C=O) groups excluding carboxylic acids is 1. The SMILES string of the molecule is CCc1c(Cc2ccc(Cl)cc2C(F)(F)F)oc2cc(C(=O)N[C@H](CO)c3ccc(S(=O)(=O)CC)cn3)ccc12. The Kier molecular flexibility index (Phi) is 8.57. The predicted octanol–water partition coefficient (Wildman–Crippen LogP) is 5.91. The molecule has 2 aromatic carbocycles. The summed E-state index contributed by atoms with van der Waals surface area (Å²) in [5.41, 5.74) is 0.691. The molecule has 0 fully saturated rings. The van der Waals surface area contributed by atoms with Crippen LogP contribution in [0.5, 0.6) is 0 Å². The van der Waals surface area contributed by atoms with Crippen LogP contribution in [0.2, 0.25) is 5.02 Å². The van der Waals surface area contributed by atoms with Crippen LogP contribution in [-0.4, -0.2) is 36.8 Å². The van der Waals surface area contributed by atoms with Crippen molar-refractivity contribution >= 4 is 38.3 Å². The highest BCUT2D eigenvalue weighted by atomic mass is 35.5. The lowest BCUT2D eigenvalue weighted by atomic mass is 9.99. The number of benzene rings is 2. The van der Waals surface area contributed by atoms with E-state index < -0.39 is 40.1 Å². The smallest absolute Gasteiger partial charge is 0.416 e. The van der Waals surface area contributed by atoms with Gasteiger partial charge in [0.1, 0.15) is 11.3 Å². The number of fused-ring (bicyclic) bond motifs is 1. The van der Waals surface area contributed by atoms with Crippen molar-refractivity contribution in [2.45, 2.75) is 43.8 Å². The molecule has 4 rings (SSSR count). The first-order valence-corrected chi connectivity index (χ1v) is 14.4. The second kappa shape index (κ2) is 11.6. The first-order chi connectivity index (χ1) is 18.9. The lowest BCUT2D eigenvalue weighted by Gasteiger charge is -2.16. The lowest BCUT2D eigenvalue weighted by molar-refractivity contribution is -0.138. The van der Waals surface area contributed by atoms with E-state index in [-0.39, 0.29) is 38.9 Å². The average Bonchev–Trinajstić information content (AvgIpc) is 3.28. The second-order valence-corrected chi connectivity index (χ2v) is 11.8. The molecule has 0 unspecified atom stereocenters.